The number of imide groups is 1. The quantitative estimate of drug-likeness (QED) is 0.558. The van der Waals surface area contributed by atoms with Crippen LogP contribution in [0.1, 0.15) is 26.3 Å². The number of rotatable bonds is 1. The highest BCUT2D eigenvalue weighted by Crippen LogP contribution is 2.26. The second kappa shape index (κ2) is 4.05. The van der Waals surface area contributed by atoms with Gasteiger partial charge in [0.1, 0.15) is 13.7 Å². The average Bonchev–Trinajstić information content (AvgIpc) is 2.66. The first kappa shape index (κ1) is 11.7. The molecule has 2 heterocycles. The number of amides is 2. The summed E-state index contributed by atoms with van der Waals surface area (Å²) in [4.78, 5) is 29.6. The number of anilines is 1. The number of hydrogen-bond donors (Lipinski definition) is 0. The van der Waals surface area contributed by atoms with E-state index in [9.17, 15) is 9.59 Å². The molecule has 0 bridgehead atoms. The predicted molar refractivity (Wildman–Crippen MR) is 71.9 cm³/mol. The highest BCUT2D eigenvalue weighted by molar-refractivity contribution is 6.35. The fourth-order valence-electron chi connectivity index (χ4n) is 2.06. The van der Waals surface area contributed by atoms with E-state index in [1.807, 2.05) is 6.92 Å². The summed E-state index contributed by atoms with van der Waals surface area (Å²) in [7, 11) is 5.72. The minimum atomic E-state index is -0.364. The Kier molecular flexibility index (Phi) is 2.49. The molecule has 0 aliphatic carbocycles. The molecule has 90 valence electrons. The van der Waals surface area contributed by atoms with Gasteiger partial charge in [-0.1, -0.05) is 18.2 Å². The number of pyridine rings is 1. The molecule has 0 spiro atoms. The molecule has 0 fully saturated rings. The first-order chi connectivity index (χ1) is 9.09. The van der Waals surface area contributed by atoms with Crippen LogP contribution in [0.2, 0.25) is 0 Å². The number of carbonyl (C=O) groups excluding carboxylic acids is 2. The molecule has 0 atom stereocenters. The molecular weight excluding hydrogens is 239 g/mol. The number of benzene rings is 1. The predicted octanol–water partition coefficient (Wildman–Crippen LogP) is 0.984. The van der Waals surface area contributed by atoms with E-state index in [2.05, 4.69) is 4.98 Å². The zero-order valence-corrected chi connectivity index (χ0v) is 10.3. The molecule has 0 unspecified atom stereocenters. The van der Waals surface area contributed by atoms with Gasteiger partial charge in [-0.2, -0.15) is 0 Å². The van der Waals surface area contributed by atoms with Gasteiger partial charge in [-0.15, -0.1) is 0 Å². The minimum Gasteiger partial charge on any atom is -0.268 e. The van der Waals surface area contributed by atoms with Crippen LogP contribution in [0.5, 0.6) is 0 Å². The van der Waals surface area contributed by atoms with Crippen LogP contribution in [0.15, 0.2) is 36.4 Å². The van der Waals surface area contributed by atoms with Gasteiger partial charge in [-0.25, -0.2) is 9.88 Å². The summed E-state index contributed by atoms with van der Waals surface area (Å²) in [6, 6.07) is 10.1. The van der Waals surface area contributed by atoms with Crippen molar-refractivity contribution in [2.45, 2.75) is 6.92 Å². The van der Waals surface area contributed by atoms with Gasteiger partial charge in [0.15, 0.2) is 0 Å². The van der Waals surface area contributed by atoms with Gasteiger partial charge < -0.3 is 0 Å². The fraction of sp³-hybridized carbons (Fsp3) is 0.0714. The zero-order valence-electron chi connectivity index (χ0n) is 10.3. The molecule has 19 heavy (non-hydrogen) atoms. The van der Waals surface area contributed by atoms with Crippen LogP contribution in [-0.4, -0.2) is 24.6 Å². The Bertz CT molecular complexity index is 677. The van der Waals surface area contributed by atoms with Crippen molar-refractivity contribution in [1.82, 2.24) is 4.98 Å². The van der Waals surface area contributed by atoms with Crippen molar-refractivity contribution in [2.75, 3.05) is 4.90 Å². The first-order valence-electron chi connectivity index (χ1n) is 5.80. The molecule has 1 aliphatic rings. The van der Waals surface area contributed by atoms with Crippen LogP contribution in [0.25, 0.3) is 0 Å². The number of carbonyl (C=O) groups is 2. The summed E-state index contributed by atoms with van der Waals surface area (Å²) < 4.78 is 0. The second-order valence-electron chi connectivity index (χ2n) is 4.36. The zero-order chi connectivity index (χ0) is 13.6. The summed E-state index contributed by atoms with van der Waals surface area (Å²) >= 11 is 0. The van der Waals surface area contributed by atoms with Gasteiger partial charge in [0, 0.05) is 0 Å². The summed E-state index contributed by atoms with van der Waals surface area (Å²) in [5, 5.41) is 0. The smallest absolute Gasteiger partial charge is 0.267 e. The lowest BCUT2D eigenvalue weighted by Crippen LogP contribution is -2.32. The molecule has 1 aromatic heterocycles. The topological polar surface area (TPSA) is 50.3 Å². The van der Waals surface area contributed by atoms with E-state index in [-0.39, 0.29) is 17.6 Å². The molecule has 2 aromatic rings. The highest BCUT2D eigenvalue weighted by Gasteiger charge is 2.36. The number of aromatic nitrogens is 1. The van der Waals surface area contributed by atoms with E-state index in [0.717, 1.165) is 10.5 Å². The molecule has 0 N–H and O–H groups in total. The fourth-order valence-corrected chi connectivity index (χ4v) is 2.06. The van der Waals surface area contributed by atoms with Crippen molar-refractivity contribution >= 4 is 31.1 Å². The minimum absolute atomic E-state index is 0.259. The molecule has 3 rings (SSSR count). The van der Waals surface area contributed by atoms with Gasteiger partial charge in [0.25, 0.3) is 11.8 Å². The molecule has 0 saturated carbocycles. The van der Waals surface area contributed by atoms with Crippen molar-refractivity contribution in [2.24, 2.45) is 0 Å². The van der Waals surface area contributed by atoms with Crippen molar-refractivity contribution in [1.29, 1.82) is 0 Å². The lowest BCUT2D eigenvalue weighted by molar-refractivity contribution is 0.0925. The van der Waals surface area contributed by atoms with Gasteiger partial charge in [0.2, 0.25) is 0 Å². The summed E-state index contributed by atoms with van der Waals surface area (Å²) in [6.45, 7) is 1.81. The largest absolute Gasteiger partial charge is 0.268 e. The Morgan fingerprint density at radius 3 is 2.11 bits per heavy atom. The lowest BCUT2D eigenvalue weighted by atomic mass is 9.98. The third-order valence-electron chi connectivity index (χ3n) is 3.14. The van der Waals surface area contributed by atoms with Crippen molar-refractivity contribution < 1.29 is 9.59 Å². The van der Waals surface area contributed by atoms with Gasteiger partial charge in [-0.05, 0) is 36.3 Å². The molecule has 5 heteroatoms. The molecule has 0 saturated heterocycles. The number of fused-ring (bicyclic) bond motifs is 1. The lowest BCUT2D eigenvalue weighted by Gasteiger charge is -2.14. The number of nitrogens with zero attached hydrogens (tertiary/aromatic N) is 2. The van der Waals surface area contributed by atoms with E-state index in [1.54, 1.807) is 36.4 Å². The monoisotopic (exact) mass is 248 g/mol. The Morgan fingerprint density at radius 2 is 1.58 bits per heavy atom. The first-order valence-corrected chi connectivity index (χ1v) is 5.80. The van der Waals surface area contributed by atoms with Crippen molar-refractivity contribution in [3.05, 3.63) is 53.1 Å². The molecule has 1 aromatic carbocycles. The van der Waals surface area contributed by atoms with Crippen molar-refractivity contribution in [3.8, 4) is 0 Å². The second-order valence-corrected chi connectivity index (χ2v) is 4.36. The highest BCUT2D eigenvalue weighted by atomic mass is 16.2. The van der Waals surface area contributed by atoms with Crippen LogP contribution in [-0.2, 0) is 0 Å². The van der Waals surface area contributed by atoms with E-state index in [1.165, 1.54) is 0 Å². The molecule has 2 radical (unpaired) electrons. The molecular formula is C14H9BN2O2. The van der Waals surface area contributed by atoms with E-state index in [4.69, 9.17) is 7.85 Å². The van der Waals surface area contributed by atoms with Crippen LogP contribution >= 0.6 is 0 Å². The Morgan fingerprint density at radius 1 is 1.00 bits per heavy atom. The van der Waals surface area contributed by atoms with E-state index < -0.39 is 0 Å². The van der Waals surface area contributed by atoms with E-state index >= 15 is 0 Å². The van der Waals surface area contributed by atoms with Crippen LogP contribution in [0.4, 0.5) is 5.82 Å². The number of aryl methyl sites for hydroxylation is 1. The van der Waals surface area contributed by atoms with Gasteiger partial charge in [-0.3, -0.25) is 9.59 Å². The maximum atomic E-state index is 12.2. The van der Waals surface area contributed by atoms with Crippen molar-refractivity contribution in [3.63, 3.8) is 0 Å². The molecule has 4 nitrogen and oxygen atoms in total. The molecule has 1 aliphatic heterocycles. The average molecular weight is 248 g/mol. The normalized spacial score (nSPS) is 13.8. The van der Waals surface area contributed by atoms with E-state index in [0.29, 0.717) is 16.7 Å². The Labute approximate surface area is 111 Å². The van der Waals surface area contributed by atoms with Crippen LogP contribution in [0, 0.1) is 6.92 Å². The maximum absolute atomic E-state index is 12.2. The van der Waals surface area contributed by atoms with Crippen LogP contribution in [0.3, 0.4) is 0 Å². The Balaban J connectivity index is 2.11. The molecule has 2 amide bonds. The summed E-state index contributed by atoms with van der Waals surface area (Å²) in [6.07, 6.45) is 0. The number of hydrogen-bond acceptors (Lipinski definition) is 3. The summed E-state index contributed by atoms with van der Waals surface area (Å²) in [5.74, 6) is -0.470. The third kappa shape index (κ3) is 1.66. The van der Waals surface area contributed by atoms with Crippen LogP contribution < -0.4 is 10.5 Å². The Hall–Kier alpha value is -2.43. The SMILES string of the molecule is [B]c1nc(N2C(=O)c3ccccc3C2=O)ccc1C. The van der Waals surface area contributed by atoms with Gasteiger partial charge in [0.05, 0.1) is 11.1 Å². The maximum Gasteiger partial charge on any atom is 0.267 e. The summed E-state index contributed by atoms with van der Waals surface area (Å²) in [5.41, 5.74) is 1.91. The third-order valence-corrected chi connectivity index (χ3v) is 3.14. The standard InChI is InChI=1S/C14H9BN2O2/c1-8-6-7-11(16-12(8)15)17-13(18)9-4-2-3-5-10(9)14(17)19/h2-7H,1H3. The van der Waals surface area contributed by atoms with Gasteiger partial charge >= 0.3 is 0 Å².